The highest BCUT2D eigenvalue weighted by Crippen LogP contribution is 2.20. The molecule has 0 bridgehead atoms. The van der Waals surface area contributed by atoms with E-state index in [0.29, 0.717) is 25.5 Å². The van der Waals surface area contributed by atoms with Crippen molar-refractivity contribution in [1.82, 2.24) is 5.32 Å². The highest BCUT2D eigenvalue weighted by molar-refractivity contribution is 5.84. The molecule has 134 valence electrons. The Hall–Kier alpha value is -2.11. The Morgan fingerprint density at radius 2 is 2.08 bits per heavy atom. The van der Waals surface area contributed by atoms with Gasteiger partial charge in [0.05, 0.1) is 12.7 Å². The van der Waals surface area contributed by atoms with Gasteiger partial charge in [-0.15, -0.1) is 0 Å². The van der Waals surface area contributed by atoms with Gasteiger partial charge in [0.25, 0.3) is 5.91 Å². The summed E-state index contributed by atoms with van der Waals surface area (Å²) in [5.74, 6) is 0.584. The van der Waals surface area contributed by atoms with Crippen LogP contribution in [-0.2, 0) is 14.3 Å². The first kappa shape index (κ1) is 17.7. The number of carbonyl (C=O) groups excluding carboxylic acids is 1. The van der Waals surface area contributed by atoms with Crippen LogP contribution in [0.3, 0.4) is 0 Å². The third kappa shape index (κ3) is 5.73. The lowest BCUT2D eigenvalue weighted by atomic mass is 10.1. The molecule has 2 aromatic carbocycles. The molecule has 1 aliphatic rings. The summed E-state index contributed by atoms with van der Waals surface area (Å²) in [6.07, 6.45) is 3.25. The summed E-state index contributed by atoms with van der Waals surface area (Å²) < 4.78 is 16.6. The van der Waals surface area contributed by atoms with Gasteiger partial charge in [0.1, 0.15) is 5.75 Å². The van der Waals surface area contributed by atoms with E-state index in [4.69, 9.17) is 14.2 Å². The van der Waals surface area contributed by atoms with Crippen molar-refractivity contribution in [2.45, 2.75) is 25.4 Å². The van der Waals surface area contributed by atoms with E-state index in [2.05, 4.69) is 5.32 Å². The average molecular weight is 343 g/mol. The molecule has 25 heavy (non-hydrogen) atoms. The average Bonchev–Trinajstić information content (AvgIpc) is 3.16. The maximum absolute atomic E-state index is 11.8. The second kappa shape index (κ2) is 9.39. The van der Waals surface area contributed by atoms with E-state index in [1.165, 1.54) is 0 Å². The standard InChI is InChI=1S/C20H25NO4/c22-20(21-10-4-11-23-14-19-7-3-12-24-19)15-25-18-9-8-16-5-1-2-6-17(16)13-18/h1-2,5-6,8-9,13,19H,3-4,7,10-12,14-15H2,(H,21,22)/t19-/m1/s1. The molecule has 0 saturated carbocycles. The number of amides is 1. The third-order valence-corrected chi connectivity index (χ3v) is 4.21. The molecule has 3 rings (SSSR count). The van der Waals surface area contributed by atoms with Crippen LogP contribution in [0.4, 0.5) is 0 Å². The Kier molecular flexibility index (Phi) is 6.65. The second-order valence-corrected chi connectivity index (χ2v) is 6.21. The zero-order chi connectivity index (χ0) is 17.3. The largest absolute Gasteiger partial charge is 0.484 e. The predicted molar refractivity (Wildman–Crippen MR) is 96.9 cm³/mol. The van der Waals surface area contributed by atoms with Gasteiger partial charge in [0.2, 0.25) is 0 Å². The molecule has 1 saturated heterocycles. The van der Waals surface area contributed by atoms with Gasteiger partial charge in [-0.05, 0) is 42.2 Å². The molecular weight excluding hydrogens is 318 g/mol. The van der Waals surface area contributed by atoms with Crippen LogP contribution in [0.15, 0.2) is 42.5 Å². The molecule has 1 aliphatic heterocycles. The Morgan fingerprint density at radius 1 is 1.20 bits per heavy atom. The van der Waals surface area contributed by atoms with Gasteiger partial charge in [-0.3, -0.25) is 4.79 Å². The van der Waals surface area contributed by atoms with E-state index in [9.17, 15) is 4.79 Å². The summed E-state index contributed by atoms with van der Waals surface area (Å²) >= 11 is 0. The number of hydrogen-bond acceptors (Lipinski definition) is 4. The molecule has 1 N–H and O–H groups in total. The first-order valence-electron chi connectivity index (χ1n) is 8.89. The maximum atomic E-state index is 11.8. The first-order chi connectivity index (χ1) is 12.3. The lowest BCUT2D eigenvalue weighted by Gasteiger charge is -2.11. The van der Waals surface area contributed by atoms with E-state index >= 15 is 0 Å². The van der Waals surface area contributed by atoms with Gasteiger partial charge >= 0.3 is 0 Å². The second-order valence-electron chi connectivity index (χ2n) is 6.21. The highest BCUT2D eigenvalue weighted by Gasteiger charge is 2.14. The van der Waals surface area contributed by atoms with Crippen molar-refractivity contribution < 1.29 is 19.0 Å². The fourth-order valence-electron chi connectivity index (χ4n) is 2.85. The summed E-state index contributed by atoms with van der Waals surface area (Å²) in [5, 5.41) is 5.10. The van der Waals surface area contributed by atoms with Crippen LogP contribution in [0.5, 0.6) is 5.75 Å². The number of carbonyl (C=O) groups is 1. The van der Waals surface area contributed by atoms with Gasteiger partial charge in [-0.25, -0.2) is 0 Å². The Labute approximate surface area is 148 Å². The smallest absolute Gasteiger partial charge is 0.257 e. The fraction of sp³-hybridized carbons (Fsp3) is 0.450. The van der Waals surface area contributed by atoms with Gasteiger partial charge < -0.3 is 19.5 Å². The minimum atomic E-state index is -0.118. The molecule has 5 nitrogen and oxygen atoms in total. The van der Waals surface area contributed by atoms with Crippen LogP contribution in [-0.4, -0.2) is 45.0 Å². The first-order valence-corrected chi connectivity index (χ1v) is 8.89. The van der Waals surface area contributed by atoms with Crippen molar-refractivity contribution in [2.75, 3.05) is 33.0 Å². The van der Waals surface area contributed by atoms with Crippen LogP contribution in [0, 0.1) is 0 Å². The van der Waals surface area contributed by atoms with Gasteiger partial charge in [0, 0.05) is 19.8 Å². The predicted octanol–water partition coefficient (Wildman–Crippen LogP) is 2.92. The topological polar surface area (TPSA) is 56.8 Å². The zero-order valence-electron chi connectivity index (χ0n) is 14.4. The van der Waals surface area contributed by atoms with Crippen LogP contribution in [0.1, 0.15) is 19.3 Å². The van der Waals surface area contributed by atoms with Crippen LogP contribution in [0.2, 0.25) is 0 Å². The van der Waals surface area contributed by atoms with Crippen molar-refractivity contribution in [2.24, 2.45) is 0 Å². The molecule has 0 aromatic heterocycles. The molecule has 0 aliphatic carbocycles. The minimum absolute atomic E-state index is 0.0229. The molecule has 0 spiro atoms. The summed E-state index contributed by atoms with van der Waals surface area (Å²) in [4.78, 5) is 11.8. The van der Waals surface area contributed by atoms with E-state index in [1.807, 2.05) is 42.5 Å². The number of fused-ring (bicyclic) bond motifs is 1. The monoisotopic (exact) mass is 343 g/mol. The zero-order valence-corrected chi connectivity index (χ0v) is 14.4. The van der Waals surface area contributed by atoms with Crippen LogP contribution in [0.25, 0.3) is 10.8 Å². The number of rotatable bonds is 9. The van der Waals surface area contributed by atoms with Crippen molar-refractivity contribution in [3.63, 3.8) is 0 Å². The molecule has 0 radical (unpaired) electrons. The van der Waals surface area contributed by atoms with Gasteiger partial charge in [0.15, 0.2) is 6.61 Å². The quantitative estimate of drug-likeness (QED) is 0.711. The van der Waals surface area contributed by atoms with E-state index < -0.39 is 0 Å². The van der Waals surface area contributed by atoms with Crippen molar-refractivity contribution in [3.8, 4) is 5.75 Å². The Balaban J connectivity index is 1.28. The number of ether oxygens (including phenoxy) is 3. The molecule has 5 heteroatoms. The number of nitrogens with one attached hydrogen (secondary N) is 1. The molecule has 1 fully saturated rings. The van der Waals surface area contributed by atoms with E-state index in [-0.39, 0.29) is 18.6 Å². The van der Waals surface area contributed by atoms with Crippen molar-refractivity contribution >= 4 is 16.7 Å². The summed E-state index contributed by atoms with van der Waals surface area (Å²) in [6, 6.07) is 13.9. The third-order valence-electron chi connectivity index (χ3n) is 4.21. The summed E-state index contributed by atoms with van der Waals surface area (Å²) in [6.45, 7) is 2.74. The Morgan fingerprint density at radius 3 is 2.92 bits per heavy atom. The van der Waals surface area contributed by atoms with Crippen molar-refractivity contribution in [3.05, 3.63) is 42.5 Å². The van der Waals surface area contributed by atoms with E-state index in [0.717, 1.165) is 36.6 Å². The molecule has 1 heterocycles. The molecule has 1 amide bonds. The Bertz CT molecular complexity index is 682. The number of hydrogen-bond donors (Lipinski definition) is 1. The molecule has 1 atom stereocenters. The summed E-state index contributed by atoms with van der Waals surface area (Å²) in [5.41, 5.74) is 0. The summed E-state index contributed by atoms with van der Waals surface area (Å²) in [7, 11) is 0. The van der Waals surface area contributed by atoms with Gasteiger partial charge in [-0.2, -0.15) is 0 Å². The van der Waals surface area contributed by atoms with Crippen LogP contribution >= 0.6 is 0 Å². The normalized spacial score (nSPS) is 16.9. The lowest BCUT2D eigenvalue weighted by molar-refractivity contribution is -0.123. The minimum Gasteiger partial charge on any atom is -0.484 e. The lowest BCUT2D eigenvalue weighted by Crippen LogP contribution is -2.30. The van der Waals surface area contributed by atoms with Crippen LogP contribution < -0.4 is 10.1 Å². The highest BCUT2D eigenvalue weighted by atomic mass is 16.5. The number of benzene rings is 2. The molecular formula is C20H25NO4. The molecule has 0 unspecified atom stereocenters. The molecule has 2 aromatic rings. The SMILES string of the molecule is O=C(COc1ccc2ccccc2c1)NCCCOC[C@H]1CCCO1. The fourth-order valence-corrected chi connectivity index (χ4v) is 2.85. The van der Waals surface area contributed by atoms with Gasteiger partial charge in [-0.1, -0.05) is 30.3 Å². The van der Waals surface area contributed by atoms with Crippen molar-refractivity contribution in [1.29, 1.82) is 0 Å². The maximum Gasteiger partial charge on any atom is 0.257 e. The van der Waals surface area contributed by atoms with E-state index in [1.54, 1.807) is 0 Å².